The Labute approximate surface area is 103 Å². The van der Waals surface area contributed by atoms with Crippen LogP contribution in [-0.2, 0) is 6.54 Å². The van der Waals surface area contributed by atoms with Crippen molar-refractivity contribution in [3.8, 4) is 0 Å². The minimum atomic E-state index is -0.772. The highest BCUT2D eigenvalue weighted by Crippen LogP contribution is 2.21. The monoisotopic (exact) mass is 241 g/mol. The highest BCUT2D eigenvalue weighted by Gasteiger charge is 2.34. The molecule has 0 radical (unpaired) electrons. The molecule has 1 aromatic rings. The number of halogens is 1. The molecule has 0 aliphatic heterocycles. The lowest BCUT2D eigenvalue weighted by Gasteiger charge is -2.38. The number of hydrogen-bond donors (Lipinski definition) is 2. The largest absolute Gasteiger partial charge is 0.389 e. The van der Waals surface area contributed by atoms with Crippen molar-refractivity contribution < 1.29 is 5.11 Å². The van der Waals surface area contributed by atoms with Crippen molar-refractivity contribution in [3.63, 3.8) is 0 Å². The van der Waals surface area contributed by atoms with Gasteiger partial charge in [-0.05, 0) is 45.4 Å². The van der Waals surface area contributed by atoms with Gasteiger partial charge in [-0.15, -0.1) is 0 Å². The number of nitrogens with one attached hydrogen (secondary N) is 1. The van der Waals surface area contributed by atoms with Crippen molar-refractivity contribution >= 4 is 11.6 Å². The molecule has 2 nitrogen and oxygen atoms in total. The molecule has 0 aliphatic carbocycles. The summed E-state index contributed by atoms with van der Waals surface area (Å²) in [4.78, 5) is 0. The molecule has 0 unspecified atom stereocenters. The summed E-state index contributed by atoms with van der Waals surface area (Å²) in [5, 5.41) is 14.1. The molecule has 1 rings (SSSR count). The quantitative estimate of drug-likeness (QED) is 0.850. The Morgan fingerprint density at radius 2 is 1.88 bits per heavy atom. The predicted octanol–water partition coefficient (Wildman–Crippen LogP) is 2.98. The van der Waals surface area contributed by atoms with Crippen LogP contribution in [-0.4, -0.2) is 16.2 Å². The molecule has 0 fully saturated rings. The molecule has 0 atom stereocenters. The van der Waals surface area contributed by atoms with Crippen LogP contribution in [0, 0.1) is 0 Å². The fourth-order valence-electron chi connectivity index (χ4n) is 1.19. The minimum Gasteiger partial charge on any atom is -0.389 e. The molecule has 0 spiro atoms. The zero-order chi connectivity index (χ0) is 12.4. The summed E-state index contributed by atoms with van der Waals surface area (Å²) in [6.07, 6.45) is 0. The van der Waals surface area contributed by atoms with E-state index in [9.17, 15) is 5.11 Å². The highest BCUT2D eigenvalue weighted by atomic mass is 35.5. The number of rotatable bonds is 4. The molecule has 0 aliphatic rings. The molecule has 0 amide bonds. The van der Waals surface area contributed by atoms with Gasteiger partial charge in [-0.1, -0.05) is 23.7 Å². The average Bonchev–Trinajstić information content (AvgIpc) is 2.13. The second kappa shape index (κ2) is 4.74. The molecule has 0 saturated carbocycles. The third-order valence-electron chi connectivity index (χ3n) is 3.15. The van der Waals surface area contributed by atoms with Crippen LogP contribution in [0.1, 0.15) is 33.3 Å². The molecule has 3 heteroatoms. The van der Waals surface area contributed by atoms with E-state index >= 15 is 0 Å². The number of benzene rings is 1. The fourth-order valence-corrected chi connectivity index (χ4v) is 1.40. The smallest absolute Gasteiger partial charge is 0.0767 e. The van der Waals surface area contributed by atoms with E-state index < -0.39 is 5.60 Å². The van der Waals surface area contributed by atoms with Gasteiger partial charge in [-0.3, -0.25) is 0 Å². The van der Waals surface area contributed by atoms with E-state index in [0.717, 1.165) is 10.6 Å². The normalized spacial score (nSPS) is 12.9. The van der Waals surface area contributed by atoms with Gasteiger partial charge < -0.3 is 10.4 Å². The van der Waals surface area contributed by atoms with E-state index in [1.165, 1.54) is 0 Å². The summed E-state index contributed by atoms with van der Waals surface area (Å²) in [6.45, 7) is 8.27. The van der Waals surface area contributed by atoms with Crippen molar-refractivity contribution in [2.24, 2.45) is 0 Å². The second-order valence-corrected chi connectivity index (χ2v) is 5.60. The maximum Gasteiger partial charge on any atom is 0.0767 e. The topological polar surface area (TPSA) is 32.3 Å². The van der Waals surface area contributed by atoms with Crippen LogP contribution in [0.4, 0.5) is 0 Å². The molecule has 90 valence electrons. The lowest BCUT2D eigenvalue weighted by atomic mass is 9.86. The van der Waals surface area contributed by atoms with Crippen LogP contribution in [0.5, 0.6) is 0 Å². The van der Waals surface area contributed by atoms with Gasteiger partial charge in [0, 0.05) is 17.1 Å². The van der Waals surface area contributed by atoms with Crippen molar-refractivity contribution in [2.45, 2.75) is 45.4 Å². The van der Waals surface area contributed by atoms with Crippen molar-refractivity contribution in [1.82, 2.24) is 5.32 Å². The predicted molar refractivity (Wildman–Crippen MR) is 68.7 cm³/mol. The van der Waals surface area contributed by atoms with Gasteiger partial charge in [0.15, 0.2) is 0 Å². The number of hydrogen-bond acceptors (Lipinski definition) is 2. The Balaban J connectivity index is 2.65. The van der Waals surface area contributed by atoms with Gasteiger partial charge >= 0.3 is 0 Å². The van der Waals surface area contributed by atoms with Crippen molar-refractivity contribution in [3.05, 3.63) is 34.9 Å². The highest BCUT2D eigenvalue weighted by molar-refractivity contribution is 6.30. The first kappa shape index (κ1) is 13.5. The summed E-state index contributed by atoms with van der Waals surface area (Å²) >= 11 is 5.91. The second-order valence-electron chi connectivity index (χ2n) is 5.17. The lowest BCUT2D eigenvalue weighted by Crippen LogP contribution is -2.55. The zero-order valence-electron chi connectivity index (χ0n) is 10.3. The summed E-state index contributed by atoms with van der Waals surface area (Å²) < 4.78 is 0. The van der Waals surface area contributed by atoms with Crippen LogP contribution < -0.4 is 5.32 Å². The Morgan fingerprint density at radius 3 is 2.38 bits per heavy atom. The Bertz CT molecular complexity index is 355. The average molecular weight is 242 g/mol. The van der Waals surface area contributed by atoms with Gasteiger partial charge in [0.1, 0.15) is 0 Å². The van der Waals surface area contributed by atoms with E-state index in [0.29, 0.717) is 6.54 Å². The zero-order valence-corrected chi connectivity index (χ0v) is 11.1. The SMILES string of the molecule is CC(C)(O)C(C)(C)NCc1cccc(Cl)c1. The fraction of sp³-hybridized carbons (Fsp3) is 0.538. The first-order valence-corrected chi connectivity index (χ1v) is 5.82. The van der Waals surface area contributed by atoms with Gasteiger partial charge in [-0.25, -0.2) is 0 Å². The lowest BCUT2D eigenvalue weighted by molar-refractivity contribution is -0.00531. The standard InChI is InChI=1S/C13H20ClNO/c1-12(2,13(3,4)16)15-9-10-6-5-7-11(14)8-10/h5-8,15-16H,9H2,1-4H3. The van der Waals surface area contributed by atoms with Gasteiger partial charge in [0.2, 0.25) is 0 Å². The van der Waals surface area contributed by atoms with Crippen LogP contribution >= 0.6 is 11.6 Å². The van der Waals surface area contributed by atoms with E-state index in [2.05, 4.69) is 5.32 Å². The molecule has 0 aromatic heterocycles. The van der Waals surface area contributed by atoms with Crippen LogP contribution in [0.15, 0.2) is 24.3 Å². The molecule has 16 heavy (non-hydrogen) atoms. The number of aliphatic hydroxyl groups is 1. The van der Waals surface area contributed by atoms with Crippen LogP contribution in [0.2, 0.25) is 5.02 Å². The first-order valence-electron chi connectivity index (χ1n) is 5.44. The van der Waals surface area contributed by atoms with Gasteiger partial charge in [0.25, 0.3) is 0 Å². The minimum absolute atomic E-state index is 0.352. The van der Waals surface area contributed by atoms with E-state index in [1.54, 1.807) is 13.8 Å². The van der Waals surface area contributed by atoms with Crippen LogP contribution in [0.25, 0.3) is 0 Å². The molecule has 0 bridgehead atoms. The Hall–Kier alpha value is -0.570. The maximum absolute atomic E-state index is 9.99. The van der Waals surface area contributed by atoms with E-state index in [1.807, 2.05) is 38.1 Å². The summed E-state index contributed by atoms with van der Waals surface area (Å²) in [5.41, 5.74) is -0.00854. The molecule has 2 N–H and O–H groups in total. The summed E-state index contributed by atoms with van der Waals surface area (Å²) in [6, 6.07) is 7.72. The van der Waals surface area contributed by atoms with Crippen molar-refractivity contribution in [2.75, 3.05) is 0 Å². The van der Waals surface area contributed by atoms with E-state index in [-0.39, 0.29) is 5.54 Å². The third kappa shape index (κ3) is 3.48. The van der Waals surface area contributed by atoms with Crippen molar-refractivity contribution in [1.29, 1.82) is 0 Å². The molecule has 0 heterocycles. The molecular weight excluding hydrogens is 222 g/mol. The third-order valence-corrected chi connectivity index (χ3v) is 3.39. The summed E-state index contributed by atoms with van der Waals surface area (Å²) in [7, 11) is 0. The Morgan fingerprint density at radius 1 is 1.25 bits per heavy atom. The summed E-state index contributed by atoms with van der Waals surface area (Å²) in [5.74, 6) is 0. The van der Waals surface area contributed by atoms with Gasteiger partial charge in [-0.2, -0.15) is 0 Å². The van der Waals surface area contributed by atoms with Crippen LogP contribution in [0.3, 0.4) is 0 Å². The first-order chi connectivity index (χ1) is 7.22. The Kier molecular flexibility index (Phi) is 4.00. The molecular formula is C13H20ClNO. The van der Waals surface area contributed by atoms with Gasteiger partial charge in [0.05, 0.1) is 5.60 Å². The molecule has 1 aromatic carbocycles. The van der Waals surface area contributed by atoms with E-state index in [4.69, 9.17) is 11.6 Å². The maximum atomic E-state index is 9.99. The molecule has 0 saturated heterocycles.